The molecule has 3 aliphatic carbocycles. The van der Waals surface area contributed by atoms with Crippen molar-refractivity contribution in [1.29, 1.82) is 0 Å². The van der Waals surface area contributed by atoms with Gasteiger partial charge in [-0.05, 0) is 80.2 Å². The van der Waals surface area contributed by atoms with Crippen molar-refractivity contribution >= 4 is 0 Å². The van der Waals surface area contributed by atoms with Crippen LogP contribution in [0.25, 0.3) is 0 Å². The Morgan fingerprint density at radius 3 is 2.52 bits per heavy atom. The molecule has 0 aromatic heterocycles. The van der Waals surface area contributed by atoms with E-state index in [0.717, 1.165) is 17.6 Å². The zero-order valence-corrected chi connectivity index (χ0v) is 15.3. The maximum atomic E-state index is 6.92. The fourth-order valence-electron chi connectivity index (χ4n) is 6.19. The first-order chi connectivity index (χ1) is 10.8. The molecule has 3 fully saturated rings. The van der Waals surface area contributed by atoms with Crippen molar-refractivity contribution in [1.82, 2.24) is 0 Å². The Morgan fingerprint density at radius 1 is 1.00 bits per heavy atom. The molecule has 23 heavy (non-hydrogen) atoms. The Balaban J connectivity index is 1.72. The van der Waals surface area contributed by atoms with E-state index in [4.69, 9.17) is 4.74 Å². The van der Waals surface area contributed by atoms with E-state index in [0.29, 0.717) is 10.8 Å². The normalized spacial score (nSPS) is 41.4. The number of ether oxygens (including phenoxy) is 1. The van der Waals surface area contributed by atoms with E-state index in [1.165, 1.54) is 50.5 Å². The lowest BCUT2D eigenvalue weighted by Crippen LogP contribution is -2.59. The van der Waals surface area contributed by atoms with Crippen LogP contribution < -0.4 is 4.74 Å². The lowest BCUT2D eigenvalue weighted by molar-refractivity contribution is -0.146. The van der Waals surface area contributed by atoms with E-state index in [1.54, 1.807) is 0 Å². The van der Waals surface area contributed by atoms with Crippen LogP contribution in [-0.4, -0.2) is 5.60 Å². The average molecular weight is 312 g/mol. The van der Waals surface area contributed by atoms with Crippen molar-refractivity contribution in [2.75, 3.05) is 0 Å². The van der Waals surface area contributed by atoms with Crippen molar-refractivity contribution < 1.29 is 4.74 Å². The molecule has 0 N–H and O–H groups in total. The second-order valence-electron chi connectivity index (χ2n) is 9.72. The number of para-hydroxylation sites is 1. The molecule has 1 nitrogen and oxygen atoms in total. The standard InChI is InChI=1S/C22H32O/c1-16-8-5-6-9-19(16)23-22-12-7-11-21(4,15-22)13-10-17-18(22)14-20(17,2)3/h5-6,8-9,17-18H,7,10-15H2,1-4H3/t17-,18+,21+,22-/m1/s1. The van der Waals surface area contributed by atoms with Crippen LogP contribution >= 0.6 is 0 Å². The molecule has 126 valence electrons. The van der Waals surface area contributed by atoms with Crippen LogP contribution in [0.4, 0.5) is 0 Å². The smallest absolute Gasteiger partial charge is 0.123 e. The molecule has 4 atom stereocenters. The van der Waals surface area contributed by atoms with E-state index in [1.807, 2.05) is 0 Å². The third-order valence-electron chi connectivity index (χ3n) is 7.48. The number of aryl methyl sites for hydroxylation is 1. The molecular weight excluding hydrogens is 280 g/mol. The molecule has 3 aliphatic rings. The summed E-state index contributed by atoms with van der Waals surface area (Å²) in [7, 11) is 0. The topological polar surface area (TPSA) is 9.23 Å². The van der Waals surface area contributed by atoms with Gasteiger partial charge in [0.25, 0.3) is 0 Å². The number of fused-ring (bicyclic) bond motifs is 4. The van der Waals surface area contributed by atoms with Gasteiger partial charge in [-0.15, -0.1) is 0 Å². The van der Waals surface area contributed by atoms with Crippen molar-refractivity contribution in [2.24, 2.45) is 22.7 Å². The van der Waals surface area contributed by atoms with Crippen LogP contribution in [0.5, 0.6) is 5.75 Å². The SMILES string of the molecule is Cc1ccccc1O[C@@]12CCC[C@@](C)(CC[C@@H]3[C@@H]1CC3(C)C)C2. The molecule has 2 bridgehead atoms. The summed E-state index contributed by atoms with van der Waals surface area (Å²) < 4.78 is 6.92. The summed E-state index contributed by atoms with van der Waals surface area (Å²) in [6.07, 6.45) is 9.42. The molecule has 0 radical (unpaired) electrons. The molecule has 0 unspecified atom stereocenters. The molecule has 1 aromatic carbocycles. The average Bonchev–Trinajstić information content (AvgIpc) is 2.53. The molecule has 0 heterocycles. The Labute approximate surface area is 141 Å². The highest BCUT2D eigenvalue weighted by Crippen LogP contribution is 2.65. The van der Waals surface area contributed by atoms with Gasteiger partial charge in [0.2, 0.25) is 0 Å². The fraction of sp³-hybridized carbons (Fsp3) is 0.727. The Hall–Kier alpha value is -0.980. The Bertz CT molecular complexity index is 604. The zero-order valence-electron chi connectivity index (χ0n) is 15.3. The summed E-state index contributed by atoms with van der Waals surface area (Å²) >= 11 is 0. The summed E-state index contributed by atoms with van der Waals surface area (Å²) in [5, 5.41) is 0. The largest absolute Gasteiger partial charge is 0.487 e. The van der Waals surface area contributed by atoms with Crippen LogP contribution in [0.15, 0.2) is 24.3 Å². The van der Waals surface area contributed by atoms with Gasteiger partial charge in [0, 0.05) is 5.92 Å². The molecule has 0 aliphatic heterocycles. The molecule has 0 spiro atoms. The van der Waals surface area contributed by atoms with Gasteiger partial charge < -0.3 is 4.74 Å². The third-order valence-corrected chi connectivity index (χ3v) is 7.48. The predicted molar refractivity (Wildman–Crippen MR) is 95.7 cm³/mol. The van der Waals surface area contributed by atoms with E-state index in [9.17, 15) is 0 Å². The summed E-state index contributed by atoms with van der Waals surface area (Å²) in [5.74, 6) is 2.74. The first-order valence-corrected chi connectivity index (χ1v) is 9.58. The molecule has 1 heteroatoms. The first kappa shape index (κ1) is 15.5. The van der Waals surface area contributed by atoms with E-state index in [2.05, 4.69) is 52.0 Å². The van der Waals surface area contributed by atoms with Gasteiger partial charge in [0.15, 0.2) is 0 Å². The van der Waals surface area contributed by atoms with Crippen LogP contribution in [0.2, 0.25) is 0 Å². The Kier molecular flexibility index (Phi) is 3.38. The van der Waals surface area contributed by atoms with Gasteiger partial charge in [-0.25, -0.2) is 0 Å². The third kappa shape index (κ3) is 2.42. The van der Waals surface area contributed by atoms with Gasteiger partial charge in [-0.1, -0.05) is 39.0 Å². The summed E-state index contributed by atoms with van der Waals surface area (Å²) in [6.45, 7) is 9.67. The lowest BCUT2D eigenvalue weighted by atomic mass is 9.49. The summed E-state index contributed by atoms with van der Waals surface area (Å²) in [6, 6.07) is 8.61. The van der Waals surface area contributed by atoms with Crippen molar-refractivity contribution in [3.8, 4) is 5.75 Å². The number of benzene rings is 1. The molecule has 1 aromatic rings. The zero-order chi connectivity index (χ0) is 16.3. The second-order valence-corrected chi connectivity index (χ2v) is 9.72. The summed E-state index contributed by atoms with van der Waals surface area (Å²) in [4.78, 5) is 0. The highest BCUT2D eigenvalue weighted by Gasteiger charge is 2.62. The number of rotatable bonds is 2. The van der Waals surface area contributed by atoms with Crippen molar-refractivity contribution in [2.45, 2.75) is 78.2 Å². The van der Waals surface area contributed by atoms with E-state index in [-0.39, 0.29) is 5.60 Å². The second kappa shape index (κ2) is 5.01. The fourth-order valence-corrected chi connectivity index (χ4v) is 6.19. The van der Waals surface area contributed by atoms with Crippen LogP contribution in [0, 0.1) is 29.6 Å². The van der Waals surface area contributed by atoms with E-state index >= 15 is 0 Å². The highest BCUT2D eigenvalue weighted by molar-refractivity contribution is 5.33. The van der Waals surface area contributed by atoms with Gasteiger partial charge in [-0.3, -0.25) is 0 Å². The monoisotopic (exact) mass is 312 g/mol. The minimum Gasteiger partial charge on any atom is -0.487 e. The quantitative estimate of drug-likeness (QED) is 0.636. The van der Waals surface area contributed by atoms with Gasteiger partial charge >= 0.3 is 0 Å². The van der Waals surface area contributed by atoms with Crippen LogP contribution in [0.3, 0.4) is 0 Å². The van der Waals surface area contributed by atoms with Gasteiger partial charge in [-0.2, -0.15) is 0 Å². The van der Waals surface area contributed by atoms with Crippen LogP contribution in [0.1, 0.15) is 71.3 Å². The molecule has 3 saturated carbocycles. The van der Waals surface area contributed by atoms with Gasteiger partial charge in [0.1, 0.15) is 11.4 Å². The van der Waals surface area contributed by atoms with Crippen molar-refractivity contribution in [3.63, 3.8) is 0 Å². The molecular formula is C22H32O. The molecule has 0 saturated heterocycles. The highest BCUT2D eigenvalue weighted by atomic mass is 16.5. The maximum absolute atomic E-state index is 6.92. The predicted octanol–water partition coefficient (Wildman–Crippen LogP) is 6.15. The minimum atomic E-state index is 0.0931. The van der Waals surface area contributed by atoms with E-state index < -0.39 is 0 Å². The Morgan fingerprint density at radius 2 is 1.78 bits per heavy atom. The van der Waals surface area contributed by atoms with Crippen LogP contribution in [-0.2, 0) is 0 Å². The summed E-state index contributed by atoms with van der Waals surface area (Å²) in [5.41, 5.74) is 2.39. The lowest BCUT2D eigenvalue weighted by Gasteiger charge is -2.59. The number of hydrogen-bond donors (Lipinski definition) is 0. The maximum Gasteiger partial charge on any atom is 0.123 e. The molecule has 0 amide bonds. The van der Waals surface area contributed by atoms with Gasteiger partial charge in [0.05, 0.1) is 0 Å². The van der Waals surface area contributed by atoms with Crippen molar-refractivity contribution in [3.05, 3.63) is 29.8 Å². The molecule has 4 rings (SSSR count). The minimum absolute atomic E-state index is 0.0931. The number of hydrogen-bond acceptors (Lipinski definition) is 1. The first-order valence-electron chi connectivity index (χ1n) is 9.58.